The Morgan fingerprint density at radius 2 is 1.66 bits per heavy atom. The number of nitrogens with one attached hydrogen (secondary N) is 3. The lowest BCUT2D eigenvalue weighted by atomic mass is 10.0. The molecule has 1 aromatic heterocycles. The summed E-state index contributed by atoms with van der Waals surface area (Å²) in [6.45, 7) is 13.0. The molecule has 2 heterocycles. The lowest BCUT2D eigenvalue weighted by Crippen LogP contribution is -2.48. The van der Waals surface area contributed by atoms with Gasteiger partial charge in [-0.2, -0.15) is 0 Å². The molecule has 256 valence electrons. The van der Waals surface area contributed by atoms with E-state index in [-0.39, 0.29) is 29.7 Å². The Labute approximate surface area is 278 Å². The van der Waals surface area contributed by atoms with Gasteiger partial charge in [0, 0.05) is 37.3 Å². The highest BCUT2D eigenvalue weighted by Gasteiger charge is 2.36. The monoisotopic (exact) mass is 650 g/mol. The first kappa shape index (κ1) is 37.0. The molecule has 47 heavy (non-hydrogen) atoms. The number of aliphatic imine (C=N–C) groups is 1. The van der Waals surface area contributed by atoms with E-state index in [9.17, 15) is 19.2 Å². The van der Waals surface area contributed by atoms with Crippen LogP contribution in [0.2, 0.25) is 0 Å². The van der Waals surface area contributed by atoms with Gasteiger partial charge in [-0.05, 0) is 84.9 Å². The number of amides is 4. The van der Waals surface area contributed by atoms with Crippen molar-refractivity contribution >= 4 is 30.0 Å². The number of nitrogens with zero attached hydrogens (tertiary/aromatic N) is 3. The average molecular weight is 651 g/mol. The van der Waals surface area contributed by atoms with Crippen molar-refractivity contribution in [2.24, 2.45) is 10.9 Å². The van der Waals surface area contributed by atoms with Gasteiger partial charge in [0.1, 0.15) is 17.2 Å². The largest absolute Gasteiger partial charge is 0.444 e. The lowest BCUT2D eigenvalue weighted by molar-refractivity contribution is -0.141. The second-order valence-corrected chi connectivity index (χ2v) is 13.7. The van der Waals surface area contributed by atoms with E-state index in [0.717, 1.165) is 17.7 Å². The molecule has 0 aliphatic carbocycles. The smallest absolute Gasteiger partial charge is 0.437 e. The van der Waals surface area contributed by atoms with Crippen LogP contribution < -0.4 is 16.0 Å². The fourth-order valence-corrected chi connectivity index (χ4v) is 5.15. The Morgan fingerprint density at radius 3 is 2.30 bits per heavy atom. The van der Waals surface area contributed by atoms with Gasteiger partial charge >= 0.3 is 12.2 Å². The van der Waals surface area contributed by atoms with Gasteiger partial charge in [0.05, 0.1) is 6.04 Å². The van der Waals surface area contributed by atoms with Crippen LogP contribution in [-0.4, -0.2) is 70.2 Å². The molecule has 1 aromatic carbocycles. The molecule has 0 saturated carbocycles. The highest BCUT2D eigenvalue weighted by molar-refractivity contribution is 5.98. The first-order chi connectivity index (χ1) is 22.1. The predicted molar refractivity (Wildman–Crippen MR) is 179 cm³/mol. The third-order valence-corrected chi connectivity index (χ3v) is 7.24. The summed E-state index contributed by atoms with van der Waals surface area (Å²) < 4.78 is 10.5. The van der Waals surface area contributed by atoms with Crippen molar-refractivity contribution in [2.45, 2.75) is 104 Å². The van der Waals surface area contributed by atoms with E-state index >= 15 is 0 Å². The number of ether oxygens (including phenoxy) is 2. The maximum atomic E-state index is 13.6. The van der Waals surface area contributed by atoms with Crippen LogP contribution in [0, 0.1) is 5.92 Å². The summed E-state index contributed by atoms with van der Waals surface area (Å²) in [6.07, 6.45) is 3.00. The van der Waals surface area contributed by atoms with E-state index in [1.54, 1.807) is 52.6 Å². The number of rotatable bonds is 10. The molecule has 12 nitrogen and oxygen atoms in total. The first-order valence-electron chi connectivity index (χ1n) is 16.2. The molecule has 1 fully saturated rings. The first-order valence-corrected chi connectivity index (χ1v) is 16.2. The summed E-state index contributed by atoms with van der Waals surface area (Å²) in [5.41, 5.74) is 0.324. The number of carbonyl (C=O) groups excluding carboxylic acids is 4. The van der Waals surface area contributed by atoms with Crippen LogP contribution in [0.15, 0.2) is 59.7 Å². The lowest BCUT2D eigenvalue weighted by Gasteiger charge is -2.29. The zero-order valence-corrected chi connectivity index (χ0v) is 28.7. The number of pyridine rings is 1. The van der Waals surface area contributed by atoms with Gasteiger partial charge in [-0.15, -0.1) is 4.99 Å². The molecule has 1 aliphatic heterocycles. The third-order valence-electron chi connectivity index (χ3n) is 7.24. The van der Waals surface area contributed by atoms with Gasteiger partial charge in [-0.25, -0.2) is 9.59 Å². The zero-order valence-electron chi connectivity index (χ0n) is 28.7. The van der Waals surface area contributed by atoms with Crippen LogP contribution in [0.5, 0.6) is 0 Å². The zero-order chi connectivity index (χ0) is 34.6. The summed E-state index contributed by atoms with van der Waals surface area (Å²) in [4.78, 5) is 61.8. The van der Waals surface area contributed by atoms with E-state index in [2.05, 4.69) is 25.9 Å². The molecule has 0 radical (unpaired) electrons. The third kappa shape index (κ3) is 13.0. The van der Waals surface area contributed by atoms with Crippen molar-refractivity contribution in [3.05, 3.63) is 66.0 Å². The molecule has 12 heteroatoms. The Bertz CT molecular complexity index is 1370. The summed E-state index contributed by atoms with van der Waals surface area (Å²) in [6, 6.07) is 14.7. The quantitative estimate of drug-likeness (QED) is 0.178. The molecule has 3 N–H and O–H groups in total. The van der Waals surface area contributed by atoms with Crippen LogP contribution in [0.3, 0.4) is 0 Å². The molecule has 3 rings (SSSR count). The minimum absolute atomic E-state index is 0.0850. The van der Waals surface area contributed by atoms with Crippen molar-refractivity contribution in [3.63, 3.8) is 0 Å². The maximum Gasteiger partial charge on any atom is 0.437 e. The van der Waals surface area contributed by atoms with Crippen LogP contribution in [0.4, 0.5) is 9.59 Å². The van der Waals surface area contributed by atoms with Crippen LogP contribution in [0.1, 0.15) is 91.4 Å². The fourth-order valence-electron chi connectivity index (χ4n) is 5.15. The normalized spacial score (nSPS) is 16.5. The number of guanidine groups is 1. The highest BCUT2D eigenvalue weighted by atomic mass is 16.6. The number of likely N-dealkylation sites (tertiary alicyclic amines) is 1. The highest BCUT2D eigenvalue weighted by Crippen LogP contribution is 2.24. The number of aromatic nitrogens is 1. The van der Waals surface area contributed by atoms with Gasteiger partial charge in [-0.1, -0.05) is 43.3 Å². The fraction of sp³-hybridized carbons (Fsp3) is 0.543. The van der Waals surface area contributed by atoms with Crippen molar-refractivity contribution < 1.29 is 28.7 Å². The number of hydrogen-bond acceptors (Lipinski definition) is 7. The molecule has 2 aromatic rings. The van der Waals surface area contributed by atoms with Crippen LogP contribution in [0.25, 0.3) is 0 Å². The summed E-state index contributed by atoms with van der Waals surface area (Å²) >= 11 is 0. The molecule has 0 bridgehead atoms. The van der Waals surface area contributed by atoms with Gasteiger partial charge < -0.3 is 25.0 Å². The van der Waals surface area contributed by atoms with E-state index in [1.165, 1.54) is 0 Å². The number of carbonyl (C=O) groups is 4. The minimum Gasteiger partial charge on any atom is -0.444 e. The minimum atomic E-state index is -0.868. The van der Waals surface area contributed by atoms with E-state index in [4.69, 9.17) is 9.47 Å². The standard InChI is InChI=1S/C35H50N6O6/c1-24(15-13-21-37-31(39-32(44)46-34(2,3)4)40-33(45)47-35(5,6)7)30(43)41-22-14-19-28(41)29(42)38-27(25-16-9-8-10-17-25)23-26-18-11-12-20-36-26/h8-12,16-18,20,24,27-28H,13-15,19,21-23H2,1-7H3,(H,38,42)(H2,37,39,40,44,45)/t24-,27-,28-/m0/s1. The molecular formula is C35H50N6O6. The number of alkyl carbamates (subject to hydrolysis) is 1. The average Bonchev–Trinajstić information content (AvgIpc) is 3.48. The molecule has 4 amide bonds. The molecule has 1 aliphatic rings. The molecule has 3 atom stereocenters. The topological polar surface area (TPSA) is 151 Å². The van der Waals surface area contributed by atoms with Crippen LogP contribution in [-0.2, 0) is 25.5 Å². The van der Waals surface area contributed by atoms with Crippen molar-refractivity contribution in [1.29, 1.82) is 0 Å². The Morgan fingerprint density at radius 1 is 0.979 bits per heavy atom. The van der Waals surface area contributed by atoms with Gasteiger partial charge in [0.2, 0.25) is 17.8 Å². The molecule has 1 saturated heterocycles. The molecule has 0 spiro atoms. The van der Waals surface area contributed by atoms with E-state index < -0.39 is 29.4 Å². The summed E-state index contributed by atoms with van der Waals surface area (Å²) in [7, 11) is 0. The van der Waals surface area contributed by atoms with E-state index in [1.807, 2.05) is 55.5 Å². The van der Waals surface area contributed by atoms with Crippen molar-refractivity contribution in [1.82, 2.24) is 25.8 Å². The summed E-state index contributed by atoms with van der Waals surface area (Å²) in [5.74, 6) is -0.722. The summed E-state index contributed by atoms with van der Waals surface area (Å²) in [5, 5.41) is 8.60. The molecule has 0 unspecified atom stereocenters. The predicted octanol–water partition coefficient (Wildman–Crippen LogP) is 5.29. The SMILES string of the molecule is C[C@@H](CCCN/C(=N\C(=O)OC(C)(C)C)NC(=O)OC(C)(C)C)C(=O)N1CCC[C@H]1C(=O)N[C@@H](Cc1ccccn1)c1ccccc1. The van der Waals surface area contributed by atoms with Crippen LogP contribution >= 0.6 is 0 Å². The van der Waals surface area contributed by atoms with Crippen molar-refractivity contribution in [3.8, 4) is 0 Å². The van der Waals surface area contributed by atoms with Gasteiger partial charge in [0.25, 0.3) is 0 Å². The van der Waals surface area contributed by atoms with Gasteiger partial charge in [-0.3, -0.25) is 19.9 Å². The second-order valence-electron chi connectivity index (χ2n) is 13.7. The Hall–Kier alpha value is -4.48. The van der Waals surface area contributed by atoms with E-state index in [0.29, 0.717) is 38.8 Å². The Balaban J connectivity index is 1.58. The van der Waals surface area contributed by atoms with Crippen molar-refractivity contribution in [2.75, 3.05) is 13.1 Å². The number of hydrogen-bond donors (Lipinski definition) is 3. The Kier molecular flexibility index (Phi) is 13.3. The number of benzene rings is 1. The second kappa shape index (κ2) is 16.9. The van der Waals surface area contributed by atoms with Gasteiger partial charge in [0.15, 0.2) is 0 Å². The molecular weight excluding hydrogens is 600 g/mol. The maximum absolute atomic E-state index is 13.6.